The molecule has 23 nitrogen and oxygen atoms in total. The van der Waals surface area contributed by atoms with Gasteiger partial charge < -0.3 is 102 Å². The smallest absolute Gasteiger partial charge is 0.331 e. The Hall–Kier alpha value is -2.96. The molecule has 5 heterocycles. The molecule has 85 heavy (non-hydrogen) atoms. The molecule has 8 fully saturated rings. The number of hydrogen-bond donors (Lipinski definition) is 8. The predicted molar refractivity (Wildman–Crippen MR) is 297 cm³/mol. The van der Waals surface area contributed by atoms with Crippen molar-refractivity contribution in [3.63, 3.8) is 0 Å². The Morgan fingerprint density at radius 2 is 1.20 bits per heavy atom. The molecule has 3 saturated carbocycles. The molecule has 4 aliphatic carbocycles. The second-order valence-corrected chi connectivity index (χ2v) is 25.9. The lowest BCUT2D eigenvalue weighted by Gasteiger charge is -2.66. The number of rotatable bonds is 17. The van der Waals surface area contributed by atoms with Crippen molar-refractivity contribution in [1.29, 1.82) is 0 Å². The third kappa shape index (κ3) is 12.4. The lowest BCUT2D eigenvalue weighted by atomic mass is 9.43. The van der Waals surface area contributed by atoms with Gasteiger partial charge in [-0.15, -0.1) is 0 Å². The second-order valence-electron chi connectivity index (χ2n) is 25.9. The van der Waals surface area contributed by atoms with Gasteiger partial charge in [-0.3, -0.25) is 4.79 Å². The maximum absolute atomic E-state index is 13.6. The van der Waals surface area contributed by atoms with Crippen molar-refractivity contribution in [1.82, 2.24) is 0 Å². The van der Waals surface area contributed by atoms with Crippen molar-refractivity contribution in [2.45, 2.75) is 272 Å². The summed E-state index contributed by atoms with van der Waals surface area (Å²) in [7, 11) is 3.05. The number of ketones is 1. The summed E-state index contributed by atoms with van der Waals surface area (Å²) in [4.78, 5) is 26.9. The highest BCUT2D eigenvalue weighted by Gasteiger charge is 2.77. The van der Waals surface area contributed by atoms with Crippen molar-refractivity contribution in [2.75, 3.05) is 20.8 Å². The number of methoxy groups -OCH3 is 2. The monoisotopic (exact) mass is 1200 g/mol. The van der Waals surface area contributed by atoms with Gasteiger partial charge in [0.15, 0.2) is 31.5 Å². The van der Waals surface area contributed by atoms with Crippen LogP contribution >= 0.6 is 0 Å². The third-order valence-electron chi connectivity index (χ3n) is 20.9. The average molecular weight is 1210 g/mol. The summed E-state index contributed by atoms with van der Waals surface area (Å²) in [5.74, 6) is -1.82. The number of esters is 1. The normalized spacial score (nSPS) is 49.3. The molecular formula is C62H92O23. The van der Waals surface area contributed by atoms with Gasteiger partial charge in [-0.2, -0.15) is 0 Å². The number of ether oxygens (including phenoxy) is 13. The molecule has 0 spiro atoms. The first-order valence-electron chi connectivity index (χ1n) is 30.6. The Labute approximate surface area is 497 Å². The zero-order valence-corrected chi connectivity index (χ0v) is 50.2. The number of fused-ring (bicyclic) bond motifs is 5. The largest absolute Gasteiger partial charge is 0.458 e. The second kappa shape index (κ2) is 26.1. The topological polar surface area (TPSA) is 316 Å². The van der Waals surface area contributed by atoms with Gasteiger partial charge in [0.25, 0.3) is 0 Å². The Morgan fingerprint density at radius 3 is 1.75 bits per heavy atom. The van der Waals surface area contributed by atoms with Crippen LogP contribution in [0.2, 0.25) is 0 Å². The molecule has 8 N–H and O–H groups in total. The minimum Gasteiger partial charge on any atom is -0.458 e. The van der Waals surface area contributed by atoms with Crippen LogP contribution in [0.4, 0.5) is 0 Å². The van der Waals surface area contributed by atoms with E-state index in [1.807, 2.05) is 50.3 Å². The fraction of sp³-hybridized carbons (Fsp3) is 0.806. The molecule has 5 aliphatic heterocycles. The van der Waals surface area contributed by atoms with Crippen LogP contribution in [0.25, 0.3) is 6.08 Å². The summed E-state index contributed by atoms with van der Waals surface area (Å²) < 4.78 is 80.7. The molecule has 0 unspecified atom stereocenters. The predicted octanol–water partition coefficient (Wildman–Crippen LogP) is 2.64. The van der Waals surface area contributed by atoms with E-state index in [-0.39, 0.29) is 56.8 Å². The quantitative estimate of drug-likeness (QED) is 0.0631. The van der Waals surface area contributed by atoms with Crippen LogP contribution < -0.4 is 0 Å². The zero-order valence-electron chi connectivity index (χ0n) is 50.2. The molecule has 1 aromatic carbocycles. The van der Waals surface area contributed by atoms with Crippen molar-refractivity contribution < 1.29 is 112 Å². The first-order valence-corrected chi connectivity index (χ1v) is 30.6. The van der Waals surface area contributed by atoms with E-state index in [0.717, 1.165) is 11.1 Å². The van der Waals surface area contributed by atoms with E-state index < -0.39 is 182 Å². The minimum atomic E-state index is -1.72. The summed E-state index contributed by atoms with van der Waals surface area (Å²) >= 11 is 0. The summed E-state index contributed by atoms with van der Waals surface area (Å²) in [5, 5.41) is 89.9. The summed E-state index contributed by atoms with van der Waals surface area (Å²) in [5.41, 5.74) is -3.26. The van der Waals surface area contributed by atoms with Crippen molar-refractivity contribution in [3.05, 3.63) is 53.6 Å². The number of aliphatic hydroxyl groups excluding tert-OH is 6. The lowest BCUT2D eigenvalue weighted by molar-refractivity contribution is -0.358. The molecular weight excluding hydrogens is 1110 g/mol. The molecule has 1 aromatic rings. The Morgan fingerprint density at radius 1 is 0.659 bits per heavy atom. The number of hydrogen-bond acceptors (Lipinski definition) is 23. The molecule has 0 aromatic heterocycles. The summed E-state index contributed by atoms with van der Waals surface area (Å²) in [6.07, 6.45) is -12.2. The molecule has 0 radical (unpaired) electrons. The first-order chi connectivity index (χ1) is 40.3. The lowest BCUT2D eigenvalue weighted by Crippen LogP contribution is -2.75. The Balaban J connectivity index is 0.700. The highest BCUT2D eigenvalue weighted by Crippen LogP contribution is 2.70. The fourth-order valence-electron chi connectivity index (χ4n) is 16.2. The molecule has 9 aliphatic rings. The fourth-order valence-corrected chi connectivity index (χ4v) is 16.2. The molecule has 0 bridgehead atoms. The SMILES string of the molecule is CO[C@H]1C[C@H](O[C@H]2[C@@H](O)C[C@H](O[C@H]3[C@@H](O)C[C@H](O[C@H]4CC[C@@]5(C)C(=CC[C@]6(O)[C@@H]5C[C@@H](OC(=O)C=Cc5ccccc5)[C@]5(C)[C@H](C(C)=O)CC[C@@]56O)C4)O[C@@H]3C)O[C@@H]2C)O[C@H](C)[C@H]1O[C@H]1C[C@@H](OC)[C@H](O[C@@H]2O[C@H](CO)[C@@H](O)[C@H](O)[C@H]2O)[C@@H](C)O1. The number of Topliss-reactive ketones (excluding diaryl/α,β-unsaturated/α-hetero) is 1. The van der Waals surface area contributed by atoms with Gasteiger partial charge in [0.2, 0.25) is 0 Å². The summed E-state index contributed by atoms with van der Waals surface area (Å²) in [6, 6.07) is 9.38. The van der Waals surface area contributed by atoms with Gasteiger partial charge in [0, 0.05) is 63.2 Å². The van der Waals surface area contributed by atoms with Gasteiger partial charge >= 0.3 is 5.97 Å². The number of carbonyl (C=O) groups excluding carboxylic acids is 2. The maximum atomic E-state index is 13.6. The molecule has 29 atom stereocenters. The summed E-state index contributed by atoms with van der Waals surface area (Å²) in [6.45, 7) is 11.9. The Bertz CT molecular complexity index is 2480. The van der Waals surface area contributed by atoms with E-state index in [1.54, 1.807) is 34.0 Å². The van der Waals surface area contributed by atoms with E-state index in [9.17, 15) is 50.4 Å². The van der Waals surface area contributed by atoms with E-state index in [2.05, 4.69) is 6.92 Å². The van der Waals surface area contributed by atoms with E-state index in [4.69, 9.17) is 61.6 Å². The van der Waals surface area contributed by atoms with Crippen LogP contribution in [0, 0.1) is 22.7 Å². The number of benzene rings is 1. The molecule has 10 rings (SSSR count). The molecule has 478 valence electrons. The van der Waals surface area contributed by atoms with Crippen LogP contribution in [0.15, 0.2) is 48.1 Å². The van der Waals surface area contributed by atoms with Crippen LogP contribution in [0.5, 0.6) is 0 Å². The third-order valence-corrected chi connectivity index (χ3v) is 20.9. The van der Waals surface area contributed by atoms with E-state index >= 15 is 0 Å². The minimum absolute atomic E-state index is 0.0278. The maximum Gasteiger partial charge on any atom is 0.331 e. The highest BCUT2D eigenvalue weighted by atomic mass is 16.8. The Kier molecular flexibility index (Phi) is 20.0. The van der Waals surface area contributed by atoms with Gasteiger partial charge in [0.1, 0.15) is 71.9 Å². The molecule has 5 saturated heterocycles. The molecule has 0 amide bonds. The first kappa shape index (κ1) is 65.0. The van der Waals surface area contributed by atoms with Crippen LogP contribution in [-0.2, 0) is 71.2 Å². The van der Waals surface area contributed by atoms with Gasteiger partial charge in [-0.05, 0) is 96.6 Å². The van der Waals surface area contributed by atoms with Gasteiger partial charge in [0.05, 0.1) is 61.5 Å². The van der Waals surface area contributed by atoms with E-state index in [0.29, 0.717) is 25.7 Å². The van der Waals surface area contributed by atoms with Crippen molar-refractivity contribution in [3.8, 4) is 0 Å². The highest BCUT2D eigenvalue weighted by molar-refractivity contribution is 5.87. The van der Waals surface area contributed by atoms with Gasteiger partial charge in [-0.1, -0.05) is 55.8 Å². The average Bonchev–Trinajstić information content (AvgIpc) is 1.67. The van der Waals surface area contributed by atoms with E-state index in [1.165, 1.54) is 20.1 Å². The van der Waals surface area contributed by atoms with Crippen LogP contribution in [0.3, 0.4) is 0 Å². The number of aliphatic hydroxyl groups is 8. The van der Waals surface area contributed by atoms with Crippen LogP contribution in [0.1, 0.15) is 125 Å². The van der Waals surface area contributed by atoms with Crippen molar-refractivity contribution in [2.24, 2.45) is 22.7 Å². The van der Waals surface area contributed by atoms with Crippen molar-refractivity contribution >= 4 is 17.8 Å². The standard InChI is InChI=1S/C62H92O23/c1-30(64)38-19-22-62(72)60(38,7)45(81-46(67)16-15-35-13-11-10-12-14-35)28-44-59(6)20-18-37(23-36(59)17-21-61(44,62)71)79-47-24-39(65)54(31(2)75-47)82-48-25-40(66)55(32(3)76-48)83-49-26-41(73-8)56(33(4)77-49)84-50-27-42(74-9)57(34(5)78-50)85-58-53(70)52(69)51(68)43(29-63)80-58/h10-17,31-34,37-45,47-58,63,65-66,68-72H,18-29H2,1-9H3/t31-,32-,33-,34-,37+,38+,39+,40+,41+,42-,43-,44-,45-,47+,48+,49+,50+,51-,52+,53-,54-,55-,56-,57-,58+,59+,60+,61+,62-/m1/s1. The zero-order chi connectivity index (χ0) is 61.1. The van der Waals surface area contributed by atoms with Gasteiger partial charge in [-0.25, -0.2) is 4.79 Å². The van der Waals surface area contributed by atoms with Crippen LogP contribution in [-0.4, -0.2) is 226 Å². The number of carbonyl (C=O) groups is 2. The molecule has 23 heteroatoms.